The second-order valence-corrected chi connectivity index (χ2v) is 6.41. The molecule has 0 bridgehead atoms. The van der Waals surface area contributed by atoms with Crippen LogP contribution in [-0.2, 0) is 4.74 Å². The molecule has 0 aliphatic heterocycles. The maximum absolute atomic E-state index is 12.1. The highest BCUT2D eigenvalue weighted by Crippen LogP contribution is 2.23. The number of ether oxygens (including phenoxy) is 1. The van der Waals surface area contributed by atoms with Gasteiger partial charge in [0.15, 0.2) is 0 Å². The lowest BCUT2D eigenvalue weighted by molar-refractivity contribution is 0.0600. The van der Waals surface area contributed by atoms with Gasteiger partial charge in [0.2, 0.25) is 0 Å². The van der Waals surface area contributed by atoms with Crippen molar-refractivity contribution in [3.63, 3.8) is 0 Å². The highest BCUT2D eigenvalue weighted by Gasteiger charge is 2.12. The van der Waals surface area contributed by atoms with E-state index < -0.39 is 5.97 Å². The van der Waals surface area contributed by atoms with Crippen LogP contribution in [0.1, 0.15) is 26.3 Å². The van der Waals surface area contributed by atoms with E-state index in [1.807, 2.05) is 6.92 Å². The average Bonchev–Trinajstić information content (AvgIpc) is 2.87. The maximum Gasteiger partial charge on any atom is 0.337 e. The fraction of sp³-hybridized carbons (Fsp3) is 0.143. The molecule has 0 atom stereocenters. The Morgan fingerprint density at radius 1 is 1.25 bits per heavy atom. The molecule has 0 saturated carbocycles. The molecule has 0 unspecified atom stereocenters. The van der Waals surface area contributed by atoms with Gasteiger partial charge in [0.25, 0.3) is 5.91 Å². The van der Waals surface area contributed by atoms with Gasteiger partial charge in [0.1, 0.15) is 0 Å². The van der Waals surface area contributed by atoms with E-state index in [4.69, 9.17) is 0 Å². The van der Waals surface area contributed by atoms with Crippen molar-refractivity contribution in [2.75, 3.05) is 12.4 Å². The van der Waals surface area contributed by atoms with E-state index in [-0.39, 0.29) is 5.91 Å². The smallest absolute Gasteiger partial charge is 0.337 e. The SMILES string of the molecule is COC(=O)c1ccc(C)c(NC(=O)c2csc(Br)c2)c1. The summed E-state index contributed by atoms with van der Waals surface area (Å²) < 4.78 is 5.56. The van der Waals surface area contributed by atoms with Crippen LogP contribution in [0.25, 0.3) is 0 Å². The Balaban J connectivity index is 2.24. The van der Waals surface area contributed by atoms with Crippen molar-refractivity contribution in [1.82, 2.24) is 0 Å². The van der Waals surface area contributed by atoms with E-state index in [2.05, 4.69) is 26.0 Å². The molecular weight excluding hydrogens is 342 g/mol. The van der Waals surface area contributed by atoms with Crippen LogP contribution in [-0.4, -0.2) is 19.0 Å². The molecule has 0 fully saturated rings. The summed E-state index contributed by atoms with van der Waals surface area (Å²) in [7, 11) is 1.32. The Bertz CT molecular complexity index is 666. The predicted molar refractivity (Wildman–Crippen MR) is 82.5 cm³/mol. The first-order valence-electron chi connectivity index (χ1n) is 5.75. The number of carbonyl (C=O) groups excluding carboxylic acids is 2. The third-order valence-electron chi connectivity index (χ3n) is 2.74. The topological polar surface area (TPSA) is 55.4 Å². The van der Waals surface area contributed by atoms with E-state index in [0.29, 0.717) is 16.8 Å². The Kier molecular flexibility index (Phi) is 4.57. The number of rotatable bonds is 3. The number of halogens is 1. The minimum atomic E-state index is -0.432. The van der Waals surface area contributed by atoms with Crippen LogP contribution < -0.4 is 5.32 Å². The zero-order valence-electron chi connectivity index (χ0n) is 10.9. The molecular formula is C14H12BrNO3S. The molecule has 1 amide bonds. The minimum Gasteiger partial charge on any atom is -0.465 e. The first-order valence-corrected chi connectivity index (χ1v) is 7.43. The number of hydrogen-bond acceptors (Lipinski definition) is 4. The van der Waals surface area contributed by atoms with Gasteiger partial charge in [-0.05, 0) is 46.6 Å². The fourth-order valence-electron chi connectivity index (χ4n) is 1.63. The summed E-state index contributed by atoms with van der Waals surface area (Å²) >= 11 is 4.76. The molecule has 2 rings (SSSR count). The third-order valence-corrected chi connectivity index (χ3v) is 4.24. The van der Waals surface area contributed by atoms with Gasteiger partial charge in [-0.3, -0.25) is 4.79 Å². The normalized spacial score (nSPS) is 10.2. The molecule has 4 nitrogen and oxygen atoms in total. The summed E-state index contributed by atoms with van der Waals surface area (Å²) in [5, 5.41) is 4.56. The Morgan fingerprint density at radius 2 is 2.00 bits per heavy atom. The van der Waals surface area contributed by atoms with E-state index >= 15 is 0 Å². The van der Waals surface area contributed by atoms with Crippen molar-refractivity contribution in [2.24, 2.45) is 0 Å². The van der Waals surface area contributed by atoms with Crippen molar-refractivity contribution >= 4 is 44.8 Å². The highest BCUT2D eigenvalue weighted by atomic mass is 79.9. The number of thiophene rings is 1. The molecule has 0 aliphatic rings. The summed E-state index contributed by atoms with van der Waals surface area (Å²) in [6, 6.07) is 6.80. The maximum atomic E-state index is 12.1. The molecule has 1 N–H and O–H groups in total. The van der Waals surface area contributed by atoms with Crippen LogP contribution in [0.15, 0.2) is 33.4 Å². The molecule has 20 heavy (non-hydrogen) atoms. The monoisotopic (exact) mass is 353 g/mol. The molecule has 1 aromatic heterocycles. The first kappa shape index (κ1) is 14.7. The molecule has 0 saturated heterocycles. The summed E-state index contributed by atoms with van der Waals surface area (Å²) in [6.07, 6.45) is 0. The molecule has 0 spiro atoms. The lowest BCUT2D eigenvalue weighted by Crippen LogP contribution is -2.12. The highest BCUT2D eigenvalue weighted by molar-refractivity contribution is 9.11. The molecule has 6 heteroatoms. The number of amides is 1. The zero-order chi connectivity index (χ0) is 14.7. The Morgan fingerprint density at radius 3 is 2.60 bits per heavy atom. The number of aryl methyl sites for hydroxylation is 1. The van der Waals surface area contributed by atoms with Crippen LogP contribution in [0, 0.1) is 6.92 Å². The van der Waals surface area contributed by atoms with E-state index in [1.165, 1.54) is 18.4 Å². The number of benzene rings is 1. The van der Waals surface area contributed by atoms with Crippen LogP contribution in [0.4, 0.5) is 5.69 Å². The molecule has 0 aliphatic carbocycles. The second-order valence-electron chi connectivity index (χ2n) is 4.11. The van der Waals surface area contributed by atoms with Gasteiger partial charge < -0.3 is 10.1 Å². The van der Waals surface area contributed by atoms with Gasteiger partial charge in [-0.1, -0.05) is 6.07 Å². The second kappa shape index (κ2) is 6.19. The van der Waals surface area contributed by atoms with Crippen molar-refractivity contribution in [3.05, 3.63) is 50.1 Å². The largest absolute Gasteiger partial charge is 0.465 e. The number of hydrogen-bond donors (Lipinski definition) is 1. The predicted octanol–water partition coefficient (Wildman–Crippen LogP) is 3.86. The molecule has 0 radical (unpaired) electrons. The lowest BCUT2D eigenvalue weighted by atomic mass is 10.1. The van der Waals surface area contributed by atoms with Gasteiger partial charge in [-0.25, -0.2) is 4.79 Å². The van der Waals surface area contributed by atoms with Crippen LogP contribution in [0.3, 0.4) is 0 Å². The van der Waals surface area contributed by atoms with Gasteiger partial charge in [-0.2, -0.15) is 0 Å². The fourth-order valence-corrected chi connectivity index (χ4v) is 2.76. The molecule has 104 valence electrons. The molecule has 1 heterocycles. The van der Waals surface area contributed by atoms with E-state index in [1.54, 1.807) is 29.6 Å². The number of esters is 1. The molecule has 2 aromatic rings. The van der Waals surface area contributed by atoms with Crippen molar-refractivity contribution in [1.29, 1.82) is 0 Å². The van der Waals surface area contributed by atoms with Crippen LogP contribution >= 0.6 is 27.3 Å². The average molecular weight is 354 g/mol. The van der Waals surface area contributed by atoms with E-state index in [0.717, 1.165) is 9.35 Å². The van der Waals surface area contributed by atoms with Crippen molar-refractivity contribution < 1.29 is 14.3 Å². The zero-order valence-corrected chi connectivity index (χ0v) is 13.3. The van der Waals surface area contributed by atoms with Gasteiger partial charge in [-0.15, -0.1) is 11.3 Å². The van der Waals surface area contributed by atoms with Gasteiger partial charge in [0, 0.05) is 11.1 Å². The summed E-state index contributed by atoms with van der Waals surface area (Å²) in [5.74, 6) is -0.643. The number of methoxy groups -OCH3 is 1. The standard InChI is InChI=1S/C14H12BrNO3S/c1-8-3-4-9(14(18)19-2)5-11(8)16-13(17)10-6-12(15)20-7-10/h3-7H,1-2H3,(H,16,17). The van der Waals surface area contributed by atoms with Crippen molar-refractivity contribution in [3.8, 4) is 0 Å². The van der Waals surface area contributed by atoms with Crippen LogP contribution in [0.2, 0.25) is 0 Å². The minimum absolute atomic E-state index is 0.211. The van der Waals surface area contributed by atoms with Gasteiger partial charge in [0.05, 0.1) is 22.0 Å². The Hall–Kier alpha value is -1.66. The molecule has 1 aromatic carbocycles. The van der Waals surface area contributed by atoms with Crippen molar-refractivity contribution in [2.45, 2.75) is 6.92 Å². The summed E-state index contributed by atoms with van der Waals surface area (Å²) in [5.41, 5.74) is 2.45. The summed E-state index contributed by atoms with van der Waals surface area (Å²) in [4.78, 5) is 23.6. The van der Waals surface area contributed by atoms with Crippen LogP contribution in [0.5, 0.6) is 0 Å². The summed E-state index contributed by atoms with van der Waals surface area (Å²) in [6.45, 7) is 1.86. The number of anilines is 1. The third kappa shape index (κ3) is 3.26. The van der Waals surface area contributed by atoms with Gasteiger partial charge >= 0.3 is 5.97 Å². The van der Waals surface area contributed by atoms with E-state index in [9.17, 15) is 9.59 Å². The first-order chi connectivity index (χ1) is 9.51. The number of nitrogens with one attached hydrogen (secondary N) is 1. The lowest BCUT2D eigenvalue weighted by Gasteiger charge is -2.09. The number of carbonyl (C=O) groups is 2. The Labute approximate surface area is 128 Å². The quantitative estimate of drug-likeness (QED) is 0.852.